The zero-order valence-corrected chi connectivity index (χ0v) is 17.8. The van der Waals surface area contributed by atoms with Gasteiger partial charge in [0.15, 0.2) is 5.82 Å². The van der Waals surface area contributed by atoms with Crippen molar-refractivity contribution >= 4 is 27.3 Å². The van der Waals surface area contributed by atoms with Crippen molar-refractivity contribution in [1.82, 2.24) is 9.78 Å². The molecule has 1 heterocycles. The Morgan fingerprint density at radius 3 is 2.41 bits per heavy atom. The van der Waals surface area contributed by atoms with Crippen molar-refractivity contribution in [3.05, 3.63) is 102 Å². The van der Waals surface area contributed by atoms with Gasteiger partial charge in [-0.3, -0.25) is 9.52 Å². The lowest BCUT2D eigenvalue weighted by molar-refractivity contribution is 0.102. The average molecular weight is 450 g/mol. The first-order valence-corrected chi connectivity index (χ1v) is 11.1. The van der Waals surface area contributed by atoms with Gasteiger partial charge in [0.05, 0.1) is 10.6 Å². The number of carbonyl (C=O) groups is 1. The zero-order chi connectivity index (χ0) is 22.7. The van der Waals surface area contributed by atoms with Gasteiger partial charge in [-0.05, 0) is 67.1 Å². The quantitative estimate of drug-likeness (QED) is 0.456. The van der Waals surface area contributed by atoms with Gasteiger partial charge in [0, 0.05) is 23.6 Å². The van der Waals surface area contributed by atoms with Crippen LogP contribution in [0.5, 0.6) is 0 Å². The molecule has 0 saturated carbocycles. The van der Waals surface area contributed by atoms with E-state index in [9.17, 15) is 17.6 Å². The van der Waals surface area contributed by atoms with Crippen LogP contribution in [0.15, 0.2) is 90.1 Å². The molecule has 1 aromatic heterocycles. The molecule has 0 radical (unpaired) electrons. The van der Waals surface area contributed by atoms with Crippen molar-refractivity contribution in [2.75, 3.05) is 10.0 Å². The van der Waals surface area contributed by atoms with Gasteiger partial charge in [0.2, 0.25) is 0 Å². The first-order valence-electron chi connectivity index (χ1n) is 9.63. The van der Waals surface area contributed by atoms with Gasteiger partial charge in [-0.25, -0.2) is 17.5 Å². The number of amides is 1. The second-order valence-corrected chi connectivity index (χ2v) is 8.70. The minimum atomic E-state index is -3.81. The van der Waals surface area contributed by atoms with Crippen LogP contribution in [-0.2, 0) is 10.0 Å². The third kappa shape index (κ3) is 4.52. The molecule has 4 aromatic rings. The summed E-state index contributed by atoms with van der Waals surface area (Å²) in [6.45, 7) is 1.80. The van der Waals surface area contributed by atoms with E-state index < -0.39 is 21.7 Å². The number of rotatable bonds is 6. The molecule has 0 unspecified atom stereocenters. The highest BCUT2D eigenvalue weighted by Crippen LogP contribution is 2.21. The number of nitrogens with one attached hydrogen (secondary N) is 2. The Balaban J connectivity index is 1.47. The van der Waals surface area contributed by atoms with Crippen LogP contribution < -0.4 is 10.0 Å². The highest BCUT2D eigenvalue weighted by atomic mass is 32.2. The van der Waals surface area contributed by atoms with Gasteiger partial charge in [0.1, 0.15) is 5.69 Å². The number of hydrogen-bond donors (Lipinski definition) is 2. The van der Waals surface area contributed by atoms with Crippen LogP contribution in [0.1, 0.15) is 15.9 Å². The Hall–Kier alpha value is -3.98. The van der Waals surface area contributed by atoms with Crippen molar-refractivity contribution in [3.63, 3.8) is 0 Å². The summed E-state index contributed by atoms with van der Waals surface area (Å²) in [5.74, 6) is -1.04. The SMILES string of the molecule is Cc1ccccc1NS(=O)(=O)c1ccc(C(=O)Nc2ccc(-n3cccn3)c(F)c2)cc1. The van der Waals surface area contributed by atoms with Crippen LogP contribution >= 0.6 is 0 Å². The van der Waals surface area contributed by atoms with Gasteiger partial charge in [-0.1, -0.05) is 18.2 Å². The number of para-hydroxylation sites is 1. The predicted molar refractivity (Wildman–Crippen MR) is 120 cm³/mol. The van der Waals surface area contributed by atoms with Crippen molar-refractivity contribution in [2.24, 2.45) is 0 Å². The van der Waals surface area contributed by atoms with E-state index in [4.69, 9.17) is 0 Å². The van der Waals surface area contributed by atoms with E-state index in [-0.39, 0.29) is 21.8 Å². The molecule has 2 N–H and O–H groups in total. The Bertz CT molecular complexity index is 1370. The second kappa shape index (κ2) is 8.64. The maximum absolute atomic E-state index is 14.4. The fraction of sp³-hybridized carbons (Fsp3) is 0.0435. The standard InChI is InChI=1S/C23H19FN4O3S/c1-16-5-2-3-6-21(16)27-32(30,31)19-10-7-17(8-11-19)23(29)26-18-9-12-22(20(24)15-18)28-14-4-13-25-28/h2-15,27H,1H3,(H,26,29). The van der Waals surface area contributed by atoms with Crippen LogP contribution in [0.25, 0.3) is 5.69 Å². The molecule has 4 rings (SSSR count). The first kappa shape index (κ1) is 21.3. The normalized spacial score (nSPS) is 11.2. The van der Waals surface area contributed by atoms with Crippen molar-refractivity contribution in [1.29, 1.82) is 0 Å². The van der Waals surface area contributed by atoms with Gasteiger partial charge in [-0.15, -0.1) is 0 Å². The largest absolute Gasteiger partial charge is 0.322 e. The fourth-order valence-electron chi connectivity index (χ4n) is 3.06. The first-order chi connectivity index (χ1) is 15.3. The summed E-state index contributed by atoms with van der Waals surface area (Å²) in [6.07, 6.45) is 3.15. The summed E-state index contributed by atoms with van der Waals surface area (Å²) in [5, 5.41) is 6.58. The molecule has 0 bridgehead atoms. The number of sulfonamides is 1. The van der Waals surface area contributed by atoms with E-state index in [2.05, 4.69) is 15.1 Å². The number of nitrogens with zero attached hydrogens (tertiary/aromatic N) is 2. The molecule has 0 atom stereocenters. The topological polar surface area (TPSA) is 93.1 Å². The molecule has 162 valence electrons. The van der Waals surface area contributed by atoms with E-state index in [1.54, 1.807) is 43.5 Å². The molecule has 0 fully saturated rings. The molecule has 0 aliphatic rings. The highest BCUT2D eigenvalue weighted by molar-refractivity contribution is 7.92. The Morgan fingerprint density at radius 1 is 1.00 bits per heavy atom. The molecule has 0 aliphatic carbocycles. The summed E-state index contributed by atoms with van der Waals surface area (Å²) >= 11 is 0. The van der Waals surface area contributed by atoms with Crippen LogP contribution in [0.3, 0.4) is 0 Å². The summed E-state index contributed by atoms with van der Waals surface area (Å²) < 4.78 is 43.6. The molecule has 9 heteroatoms. The Kier molecular flexibility index (Phi) is 5.74. The predicted octanol–water partition coefficient (Wildman–Crippen LogP) is 4.37. The number of halogens is 1. The average Bonchev–Trinajstić information content (AvgIpc) is 3.30. The van der Waals surface area contributed by atoms with Crippen LogP contribution in [0, 0.1) is 12.7 Å². The van der Waals surface area contributed by atoms with Gasteiger partial charge in [-0.2, -0.15) is 5.10 Å². The molecule has 3 aromatic carbocycles. The maximum atomic E-state index is 14.4. The molecule has 7 nitrogen and oxygen atoms in total. The number of carbonyl (C=O) groups excluding carboxylic acids is 1. The molecule has 32 heavy (non-hydrogen) atoms. The van der Waals surface area contributed by atoms with Gasteiger partial charge >= 0.3 is 0 Å². The van der Waals surface area contributed by atoms with Crippen LogP contribution in [0.4, 0.5) is 15.8 Å². The number of hydrogen-bond acceptors (Lipinski definition) is 4. The van der Waals surface area contributed by atoms with Gasteiger partial charge < -0.3 is 5.32 Å². The van der Waals surface area contributed by atoms with Gasteiger partial charge in [0.25, 0.3) is 15.9 Å². The van der Waals surface area contributed by atoms with E-state index in [1.165, 1.54) is 47.3 Å². The third-order valence-corrected chi connectivity index (χ3v) is 6.15. The van der Waals surface area contributed by atoms with Crippen molar-refractivity contribution < 1.29 is 17.6 Å². The van der Waals surface area contributed by atoms with Crippen LogP contribution in [-0.4, -0.2) is 24.1 Å². The number of aromatic nitrogens is 2. The number of aryl methyl sites for hydroxylation is 1. The molecule has 1 amide bonds. The maximum Gasteiger partial charge on any atom is 0.261 e. The smallest absolute Gasteiger partial charge is 0.261 e. The molecule has 0 aliphatic heterocycles. The third-order valence-electron chi connectivity index (χ3n) is 4.77. The lowest BCUT2D eigenvalue weighted by atomic mass is 10.2. The molecular weight excluding hydrogens is 431 g/mol. The lowest BCUT2D eigenvalue weighted by Gasteiger charge is -2.11. The molecular formula is C23H19FN4O3S. The fourth-order valence-corrected chi connectivity index (χ4v) is 4.19. The Morgan fingerprint density at radius 2 is 1.75 bits per heavy atom. The van der Waals surface area contributed by atoms with Crippen LogP contribution in [0.2, 0.25) is 0 Å². The van der Waals surface area contributed by atoms with E-state index >= 15 is 0 Å². The minimum Gasteiger partial charge on any atom is -0.322 e. The monoisotopic (exact) mass is 450 g/mol. The van der Waals surface area contributed by atoms with Crippen molar-refractivity contribution in [2.45, 2.75) is 11.8 Å². The second-order valence-electron chi connectivity index (χ2n) is 7.02. The van der Waals surface area contributed by atoms with E-state index in [1.807, 2.05) is 6.07 Å². The van der Waals surface area contributed by atoms with Crippen molar-refractivity contribution in [3.8, 4) is 5.69 Å². The zero-order valence-electron chi connectivity index (χ0n) is 17.0. The summed E-state index contributed by atoms with van der Waals surface area (Å²) in [4.78, 5) is 12.5. The minimum absolute atomic E-state index is 0.0203. The molecule has 0 spiro atoms. The summed E-state index contributed by atoms with van der Waals surface area (Å²) in [7, 11) is -3.81. The molecule has 0 saturated heterocycles. The van der Waals surface area contributed by atoms with E-state index in [0.29, 0.717) is 5.69 Å². The summed E-state index contributed by atoms with van der Waals surface area (Å²) in [6, 6.07) is 18.4. The lowest BCUT2D eigenvalue weighted by Crippen LogP contribution is -2.15. The summed E-state index contributed by atoms with van der Waals surface area (Å²) in [5.41, 5.74) is 2.02. The Labute approximate surface area is 184 Å². The van der Waals surface area contributed by atoms with E-state index in [0.717, 1.165) is 5.56 Å². The number of benzene rings is 3. The number of anilines is 2. The highest BCUT2D eigenvalue weighted by Gasteiger charge is 2.16.